The van der Waals surface area contributed by atoms with Crippen LogP contribution in [0.3, 0.4) is 0 Å². The Morgan fingerprint density at radius 3 is 3.11 bits per heavy atom. The van der Waals surface area contributed by atoms with E-state index in [0.717, 1.165) is 11.3 Å². The van der Waals surface area contributed by atoms with Crippen LogP contribution in [0.15, 0.2) is 18.2 Å². The molecule has 2 rings (SSSR count). The lowest BCUT2D eigenvalue weighted by atomic mass is 10.1. The summed E-state index contributed by atoms with van der Waals surface area (Å²) in [6.07, 6.45) is 0.189. The van der Waals surface area contributed by atoms with E-state index in [2.05, 4.69) is 5.32 Å². The third-order valence-electron chi connectivity index (χ3n) is 3.05. The van der Waals surface area contributed by atoms with Gasteiger partial charge in [0.2, 0.25) is 5.91 Å². The Morgan fingerprint density at radius 2 is 2.39 bits per heavy atom. The average molecular weight is 264 g/mol. The van der Waals surface area contributed by atoms with Gasteiger partial charge in [0, 0.05) is 23.8 Å². The van der Waals surface area contributed by atoms with Crippen LogP contribution in [0.5, 0.6) is 0 Å². The van der Waals surface area contributed by atoms with Crippen molar-refractivity contribution in [2.45, 2.75) is 19.4 Å². The number of nitrogens with one attached hydrogen (secondary N) is 1. The lowest BCUT2D eigenvalue weighted by Crippen LogP contribution is -2.55. The van der Waals surface area contributed by atoms with Gasteiger partial charge in [-0.15, -0.1) is 0 Å². The highest BCUT2D eigenvalue weighted by atomic mass is 35.5. The first-order chi connectivity index (χ1) is 8.63. The lowest BCUT2D eigenvalue weighted by Gasteiger charge is -2.33. The molecule has 1 atom stereocenters. The molecule has 0 bridgehead atoms. The molecule has 0 radical (unpaired) electrons. The number of hydrogen-bond donors (Lipinski definition) is 1. The van der Waals surface area contributed by atoms with Crippen molar-refractivity contribution < 1.29 is 4.79 Å². The number of anilines is 1. The summed E-state index contributed by atoms with van der Waals surface area (Å²) in [5, 5.41) is 12.4. The van der Waals surface area contributed by atoms with Crippen molar-refractivity contribution in [2.75, 3.05) is 18.0 Å². The van der Waals surface area contributed by atoms with Gasteiger partial charge in [0.15, 0.2) is 0 Å². The Kier molecular flexibility index (Phi) is 3.85. The molecule has 1 aromatic rings. The fourth-order valence-electron chi connectivity index (χ4n) is 2.10. The van der Waals surface area contributed by atoms with E-state index < -0.39 is 6.04 Å². The molecule has 1 unspecified atom stereocenters. The van der Waals surface area contributed by atoms with Crippen molar-refractivity contribution in [3.05, 3.63) is 28.8 Å². The van der Waals surface area contributed by atoms with E-state index in [9.17, 15) is 4.79 Å². The van der Waals surface area contributed by atoms with Crippen LogP contribution < -0.4 is 10.2 Å². The maximum atomic E-state index is 12.2. The number of piperazine rings is 1. The van der Waals surface area contributed by atoms with Crippen molar-refractivity contribution in [2.24, 2.45) is 0 Å². The molecule has 1 heterocycles. The zero-order valence-electron chi connectivity index (χ0n) is 10.1. The number of aryl methyl sites for hydroxylation is 1. The minimum Gasteiger partial charge on any atom is -0.309 e. The Morgan fingerprint density at radius 1 is 1.61 bits per heavy atom. The van der Waals surface area contributed by atoms with E-state index in [1.54, 1.807) is 17.0 Å². The summed E-state index contributed by atoms with van der Waals surface area (Å²) in [6, 6.07) is 7.11. The van der Waals surface area contributed by atoms with E-state index in [1.165, 1.54) is 0 Å². The molecule has 1 aromatic carbocycles. The summed E-state index contributed by atoms with van der Waals surface area (Å²) in [6.45, 7) is 3.23. The molecule has 1 aliphatic heterocycles. The molecule has 0 saturated carbocycles. The molecular weight excluding hydrogens is 250 g/mol. The smallest absolute Gasteiger partial charge is 0.245 e. The molecule has 0 aromatic heterocycles. The molecule has 1 N–H and O–H groups in total. The number of carbonyl (C=O) groups is 1. The average Bonchev–Trinajstić information content (AvgIpc) is 2.35. The summed E-state index contributed by atoms with van der Waals surface area (Å²) in [5.41, 5.74) is 1.84. The van der Waals surface area contributed by atoms with Gasteiger partial charge in [0.1, 0.15) is 6.04 Å². The summed E-state index contributed by atoms with van der Waals surface area (Å²) >= 11 is 5.98. The molecule has 4 nitrogen and oxygen atoms in total. The Labute approximate surface area is 111 Å². The van der Waals surface area contributed by atoms with Crippen LogP contribution in [0.2, 0.25) is 5.02 Å². The molecule has 1 saturated heterocycles. The second-order valence-electron chi connectivity index (χ2n) is 4.29. The predicted octanol–water partition coefficient (Wildman–Crippen LogP) is 1.87. The molecule has 0 spiro atoms. The van der Waals surface area contributed by atoms with E-state index in [0.29, 0.717) is 18.1 Å². The van der Waals surface area contributed by atoms with Crippen LogP contribution >= 0.6 is 11.6 Å². The highest BCUT2D eigenvalue weighted by Crippen LogP contribution is 2.26. The van der Waals surface area contributed by atoms with Crippen molar-refractivity contribution in [1.82, 2.24) is 5.32 Å². The summed E-state index contributed by atoms with van der Waals surface area (Å²) in [5.74, 6) is -0.0619. The van der Waals surface area contributed by atoms with Gasteiger partial charge in [0.25, 0.3) is 0 Å². The second kappa shape index (κ2) is 5.38. The topological polar surface area (TPSA) is 56.1 Å². The number of carbonyl (C=O) groups excluding carboxylic acids is 1. The summed E-state index contributed by atoms with van der Waals surface area (Å²) in [7, 11) is 0. The van der Waals surface area contributed by atoms with Crippen molar-refractivity contribution >= 4 is 23.2 Å². The summed E-state index contributed by atoms with van der Waals surface area (Å²) < 4.78 is 0. The monoisotopic (exact) mass is 263 g/mol. The van der Waals surface area contributed by atoms with Crippen LogP contribution in [-0.2, 0) is 4.79 Å². The van der Waals surface area contributed by atoms with E-state index in [-0.39, 0.29) is 12.3 Å². The van der Waals surface area contributed by atoms with Gasteiger partial charge < -0.3 is 10.2 Å². The van der Waals surface area contributed by atoms with Gasteiger partial charge in [-0.1, -0.05) is 17.7 Å². The molecule has 0 aliphatic carbocycles. The number of hydrogen-bond acceptors (Lipinski definition) is 3. The third kappa shape index (κ3) is 2.47. The molecule has 1 amide bonds. The maximum absolute atomic E-state index is 12.2. The first-order valence-corrected chi connectivity index (χ1v) is 6.19. The van der Waals surface area contributed by atoms with Gasteiger partial charge in [0.05, 0.1) is 12.5 Å². The Bertz CT molecular complexity index is 509. The number of benzene rings is 1. The number of halogens is 1. The number of amides is 1. The molecular formula is C13H14ClN3O. The molecule has 5 heteroatoms. The third-order valence-corrected chi connectivity index (χ3v) is 3.28. The second-order valence-corrected chi connectivity index (χ2v) is 4.73. The minimum atomic E-state index is -0.415. The van der Waals surface area contributed by atoms with Gasteiger partial charge in [-0.25, -0.2) is 0 Å². The number of nitrogens with zero attached hydrogens (tertiary/aromatic N) is 2. The fraction of sp³-hybridized carbons (Fsp3) is 0.385. The zero-order valence-corrected chi connectivity index (χ0v) is 10.9. The highest BCUT2D eigenvalue weighted by molar-refractivity contribution is 6.31. The number of nitriles is 1. The Balaban J connectivity index is 2.29. The van der Waals surface area contributed by atoms with Gasteiger partial charge >= 0.3 is 0 Å². The van der Waals surface area contributed by atoms with Crippen LogP contribution in [0.1, 0.15) is 12.0 Å². The largest absolute Gasteiger partial charge is 0.309 e. The first-order valence-electron chi connectivity index (χ1n) is 5.81. The predicted molar refractivity (Wildman–Crippen MR) is 70.6 cm³/mol. The van der Waals surface area contributed by atoms with Crippen molar-refractivity contribution in [3.8, 4) is 6.07 Å². The van der Waals surface area contributed by atoms with Crippen LogP contribution in [0.25, 0.3) is 0 Å². The van der Waals surface area contributed by atoms with Crippen LogP contribution in [0, 0.1) is 18.3 Å². The van der Waals surface area contributed by atoms with Crippen LogP contribution in [-0.4, -0.2) is 25.0 Å². The minimum absolute atomic E-state index is 0.0619. The molecule has 18 heavy (non-hydrogen) atoms. The Hall–Kier alpha value is -1.57. The van der Waals surface area contributed by atoms with Gasteiger partial charge in [-0.3, -0.25) is 4.79 Å². The normalized spacial score (nSPS) is 19.7. The zero-order chi connectivity index (χ0) is 13.1. The lowest BCUT2D eigenvalue weighted by molar-refractivity contribution is -0.121. The quantitative estimate of drug-likeness (QED) is 0.886. The SMILES string of the molecule is Cc1ccc(Cl)cc1N1CCNC(CC#N)C1=O. The molecule has 1 aliphatic rings. The van der Waals surface area contributed by atoms with Crippen LogP contribution in [0.4, 0.5) is 5.69 Å². The first kappa shape index (κ1) is 12.9. The molecule has 94 valence electrons. The highest BCUT2D eigenvalue weighted by Gasteiger charge is 2.29. The number of rotatable bonds is 2. The fourth-order valence-corrected chi connectivity index (χ4v) is 2.27. The van der Waals surface area contributed by atoms with Crippen molar-refractivity contribution in [3.63, 3.8) is 0 Å². The molecule has 1 fully saturated rings. The van der Waals surface area contributed by atoms with E-state index in [1.807, 2.05) is 19.1 Å². The van der Waals surface area contributed by atoms with Gasteiger partial charge in [-0.05, 0) is 24.6 Å². The van der Waals surface area contributed by atoms with Gasteiger partial charge in [-0.2, -0.15) is 5.26 Å². The van der Waals surface area contributed by atoms with E-state index >= 15 is 0 Å². The van der Waals surface area contributed by atoms with Crippen molar-refractivity contribution in [1.29, 1.82) is 5.26 Å². The standard InChI is InChI=1S/C13H14ClN3O/c1-9-2-3-10(14)8-12(9)17-7-6-16-11(4-5-15)13(17)18/h2-3,8,11,16H,4,6-7H2,1H3. The summed E-state index contributed by atoms with van der Waals surface area (Å²) in [4.78, 5) is 14.0. The van der Waals surface area contributed by atoms with E-state index in [4.69, 9.17) is 16.9 Å². The maximum Gasteiger partial charge on any atom is 0.245 e.